The summed E-state index contributed by atoms with van der Waals surface area (Å²) < 4.78 is 5.48. The number of aromatic nitrogens is 1. The fourth-order valence-corrected chi connectivity index (χ4v) is 2.88. The number of pyridine rings is 1. The molecule has 5 nitrogen and oxygen atoms in total. The summed E-state index contributed by atoms with van der Waals surface area (Å²) in [4.78, 5) is 18.8. The first-order chi connectivity index (χ1) is 9.20. The van der Waals surface area contributed by atoms with Crippen LogP contribution in [0.15, 0.2) is 12.1 Å². The van der Waals surface area contributed by atoms with Crippen LogP contribution in [0.2, 0.25) is 5.15 Å². The molecule has 1 N–H and O–H groups in total. The van der Waals surface area contributed by atoms with Gasteiger partial charge in [-0.25, -0.2) is 4.98 Å². The van der Waals surface area contributed by atoms with Crippen molar-refractivity contribution < 1.29 is 9.53 Å². The summed E-state index contributed by atoms with van der Waals surface area (Å²) in [6.45, 7) is 3.97. The Kier molecular flexibility index (Phi) is 3.33. The summed E-state index contributed by atoms with van der Waals surface area (Å²) in [6.07, 6.45) is 0.977. The van der Waals surface area contributed by atoms with Crippen LogP contribution in [0.5, 0.6) is 0 Å². The highest BCUT2D eigenvalue weighted by molar-refractivity contribution is 6.29. The largest absolute Gasteiger partial charge is 0.378 e. The van der Waals surface area contributed by atoms with Crippen molar-refractivity contribution in [2.24, 2.45) is 5.92 Å². The van der Waals surface area contributed by atoms with Gasteiger partial charge in [0.1, 0.15) is 5.15 Å². The van der Waals surface area contributed by atoms with Gasteiger partial charge in [-0.2, -0.15) is 0 Å². The van der Waals surface area contributed by atoms with Crippen molar-refractivity contribution in [2.45, 2.75) is 19.4 Å². The Morgan fingerprint density at radius 3 is 3.16 bits per heavy atom. The van der Waals surface area contributed by atoms with Gasteiger partial charge < -0.3 is 15.0 Å². The van der Waals surface area contributed by atoms with E-state index in [4.69, 9.17) is 16.3 Å². The Labute approximate surface area is 116 Å². The van der Waals surface area contributed by atoms with Crippen LogP contribution < -0.4 is 10.2 Å². The smallest absolute Gasteiger partial charge is 0.232 e. The minimum atomic E-state index is -0.139. The number of ether oxygens (including phenoxy) is 1. The van der Waals surface area contributed by atoms with Crippen LogP contribution in [-0.4, -0.2) is 36.7 Å². The predicted molar refractivity (Wildman–Crippen MR) is 73.6 cm³/mol. The maximum Gasteiger partial charge on any atom is 0.232 e. The lowest BCUT2D eigenvalue weighted by atomic mass is 10.0. The first kappa shape index (κ1) is 12.7. The van der Waals surface area contributed by atoms with Crippen LogP contribution in [0, 0.1) is 5.92 Å². The Balaban J connectivity index is 2.07. The van der Waals surface area contributed by atoms with E-state index in [1.54, 1.807) is 6.07 Å². The molecule has 0 aliphatic carbocycles. The monoisotopic (exact) mass is 281 g/mol. The Bertz CT molecular complexity index is 509. The normalized spacial score (nSPS) is 25.6. The summed E-state index contributed by atoms with van der Waals surface area (Å²) in [7, 11) is 0. The third-order valence-corrected chi connectivity index (χ3v) is 3.83. The molecule has 0 saturated carbocycles. The first-order valence-electron chi connectivity index (χ1n) is 6.52. The van der Waals surface area contributed by atoms with Gasteiger partial charge in [-0.05, 0) is 18.6 Å². The standard InChI is InChI=1S/C13H16ClN3O2/c1-2-5-17-10-7-19-6-8(10)13(18)15-9-3-4-11(14)16-12(9)17/h3-4,8,10H,2,5-7H2,1H3,(H,15,18). The number of carbonyl (C=O) groups excluding carboxylic acids is 1. The van der Waals surface area contributed by atoms with E-state index in [-0.39, 0.29) is 17.9 Å². The quantitative estimate of drug-likeness (QED) is 0.842. The Morgan fingerprint density at radius 1 is 1.53 bits per heavy atom. The first-order valence-corrected chi connectivity index (χ1v) is 6.90. The van der Waals surface area contributed by atoms with E-state index >= 15 is 0 Å². The molecule has 6 heteroatoms. The molecule has 1 saturated heterocycles. The zero-order chi connectivity index (χ0) is 13.4. The van der Waals surface area contributed by atoms with E-state index in [1.165, 1.54) is 0 Å². The molecule has 19 heavy (non-hydrogen) atoms. The molecule has 0 bridgehead atoms. The third kappa shape index (κ3) is 2.17. The molecule has 0 spiro atoms. The number of halogens is 1. The highest BCUT2D eigenvalue weighted by Gasteiger charge is 2.41. The average Bonchev–Trinajstić information content (AvgIpc) is 2.83. The Hall–Kier alpha value is -1.33. The average molecular weight is 282 g/mol. The van der Waals surface area contributed by atoms with Crippen LogP contribution in [0.4, 0.5) is 11.5 Å². The van der Waals surface area contributed by atoms with Crippen LogP contribution in [0.25, 0.3) is 0 Å². The van der Waals surface area contributed by atoms with Crippen molar-refractivity contribution in [1.29, 1.82) is 0 Å². The van der Waals surface area contributed by atoms with Crippen LogP contribution >= 0.6 is 11.6 Å². The molecule has 102 valence electrons. The van der Waals surface area contributed by atoms with E-state index in [2.05, 4.69) is 22.1 Å². The van der Waals surface area contributed by atoms with E-state index in [0.29, 0.717) is 18.4 Å². The second kappa shape index (κ2) is 4.98. The second-order valence-corrected chi connectivity index (χ2v) is 5.29. The zero-order valence-electron chi connectivity index (χ0n) is 10.7. The highest BCUT2D eigenvalue weighted by atomic mass is 35.5. The van der Waals surface area contributed by atoms with Gasteiger partial charge in [0.05, 0.1) is 30.9 Å². The van der Waals surface area contributed by atoms with Gasteiger partial charge in [-0.1, -0.05) is 18.5 Å². The van der Waals surface area contributed by atoms with Crippen molar-refractivity contribution in [3.63, 3.8) is 0 Å². The van der Waals surface area contributed by atoms with Crippen molar-refractivity contribution in [3.8, 4) is 0 Å². The minimum Gasteiger partial charge on any atom is -0.378 e. The summed E-state index contributed by atoms with van der Waals surface area (Å²) in [5.74, 6) is 0.617. The molecule has 1 aromatic heterocycles. The number of rotatable bonds is 2. The van der Waals surface area contributed by atoms with Gasteiger partial charge in [0, 0.05) is 6.54 Å². The number of nitrogens with one attached hydrogen (secondary N) is 1. The molecule has 0 aromatic carbocycles. The zero-order valence-corrected chi connectivity index (χ0v) is 11.5. The van der Waals surface area contributed by atoms with Gasteiger partial charge in [0.15, 0.2) is 5.82 Å². The fraction of sp³-hybridized carbons (Fsp3) is 0.538. The van der Waals surface area contributed by atoms with Crippen molar-refractivity contribution in [1.82, 2.24) is 4.98 Å². The number of hydrogen-bond donors (Lipinski definition) is 1. The lowest BCUT2D eigenvalue weighted by Gasteiger charge is -2.30. The molecule has 3 heterocycles. The van der Waals surface area contributed by atoms with E-state index in [0.717, 1.165) is 24.5 Å². The lowest BCUT2D eigenvalue weighted by Crippen LogP contribution is -2.43. The van der Waals surface area contributed by atoms with Gasteiger partial charge in [-0.15, -0.1) is 0 Å². The molecule has 2 aliphatic heterocycles. The lowest BCUT2D eigenvalue weighted by molar-refractivity contribution is -0.120. The minimum absolute atomic E-state index is 0.00600. The van der Waals surface area contributed by atoms with E-state index in [9.17, 15) is 4.79 Å². The predicted octanol–water partition coefficient (Wildman–Crippen LogP) is 1.92. The number of amides is 1. The van der Waals surface area contributed by atoms with Crippen molar-refractivity contribution in [3.05, 3.63) is 17.3 Å². The molecule has 2 aliphatic rings. The number of anilines is 2. The van der Waals surface area contributed by atoms with E-state index < -0.39 is 0 Å². The van der Waals surface area contributed by atoms with Crippen molar-refractivity contribution in [2.75, 3.05) is 30.0 Å². The SMILES string of the molecule is CCCN1c2nc(Cl)ccc2NC(=O)C2COCC21. The molecule has 0 radical (unpaired) electrons. The van der Waals surface area contributed by atoms with Crippen LogP contribution in [-0.2, 0) is 9.53 Å². The molecule has 2 atom stereocenters. The second-order valence-electron chi connectivity index (χ2n) is 4.90. The molecular formula is C13H16ClN3O2. The topological polar surface area (TPSA) is 54.5 Å². The number of hydrogen-bond acceptors (Lipinski definition) is 4. The molecule has 3 rings (SSSR count). The molecule has 1 aromatic rings. The van der Waals surface area contributed by atoms with Gasteiger partial charge >= 0.3 is 0 Å². The number of fused-ring (bicyclic) bond motifs is 2. The Morgan fingerprint density at radius 2 is 2.37 bits per heavy atom. The molecule has 2 unspecified atom stereocenters. The molecule has 1 fully saturated rings. The van der Waals surface area contributed by atoms with Crippen LogP contribution in [0.3, 0.4) is 0 Å². The van der Waals surface area contributed by atoms with Gasteiger partial charge in [0.2, 0.25) is 5.91 Å². The number of carbonyl (C=O) groups is 1. The fourth-order valence-electron chi connectivity index (χ4n) is 2.74. The summed E-state index contributed by atoms with van der Waals surface area (Å²) >= 11 is 5.99. The van der Waals surface area contributed by atoms with E-state index in [1.807, 2.05) is 6.07 Å². The summed E-state index contributed by atoms with van der Waals surface area (Å²) in [5.41, 5.74) is 0.734. The van der Waals surface area contributed by atoms with Gasteiger partial charge in [-0.3, -0.25) is 4.79 Å². The van der Waals surface area contributed by atoms with Crippen LogP contribution in [0.1, 0.15) is 13.3 Å². The maximum absolute atomic E-state index is 12.2. The molecular weight excluding hydrogens is 266 g/mol. The summed E-state index contributed by atoms with van der Waals surface area (Å²) in [6, 6.07) is 3.56. The maximum atomic E-state index is 12.2. The highest BCUT2D eigenvalue weighted by Crippen LogP contribution is 2.35. The molecule has 1 amide bonds. The number of nitrogens with zero attached hydrogens (tertiary/aromatic N) is 2. The van der Waals surface area contributed by atoms with Crippen molar-refractivity contribution >= 4 is 29.0 Å². The van der Waals surface area contributed by atoms with Gasteiger partial charge in [0.25, 0.3) is 0 Å². The summed E-state index contributed by atoms with van der Waals surface area (Å²) in [5, 5.41) is 3.36. The third-order valence-electron chi connectivity index (χ3n) is 3.62.